The van der Waals surface area contributed by atoms with E-state index in [-0.39, 0.29) is 24.0 Å². The van der Waals surface area contributed by atoms with E-state index in [1.165, 1.54) is 0 Å². The van der Waals surface area contributed by atoms with Crippen molar-refractivity contribution < 1.29 is 17.9 Å². The van der Waals surface area contributed by atoms with E-state index < -0.39 is 24.0 Å². The Labute approximate surface area is 225 Å². The zero-order valence-corrected chi connectivity index (χ0v) is 24.6. The van der Waals surface area contributed by atoms with E-state index >= 15 is 0 Å². The topological polar surface area (TPSA) is 154 Å². The molecule has 206 valence electrons. The number of sulfonamides is 1. The summed E-state index contributed by atoms with van der Waals surface area (Å²) in [4.78, 5) is 21.6. The van der Waals surface area contributed by atoms with Gasteiger partial charge in [0.25, 0.3) is 5.91 Å². The summed E-state index contributed by atoms with van der Waals surface area (Å²) < 4.78 is 33.8. The van der Waals surface area contributed by atoms with Crippen LogP contribution in [0.5, 0.6) is 0 Å². The van der Waals surface area contributed by atoms with Gasteiger partial charge in [0, 0.05) is 25.9 Å². The number of hydrogen-bond acceptors (Lipinski definition) is 8. The number of primary amides is 1. The number of nitrogens with two attached hydrogens (primary N) is 1. The maximum atomic E-state index is 12.7. The third-order valence-electron chi connectivity index (χ3n) is 5.73. The molecule has 0 radical (unpaired) electrons. The first-order valence-corrected chi connectivity index (χ1v) is 17.8. The van der Waals surface area contributed by atoms with Gasteiger partial charge >= 0.3 is 0 Å². The maximum Gasteiger partial charge on any atom is 0.254 e. The van der Waals surface area contributed by atoms with Crippen LogP contribution in [0.1, 0.15) is 42.7 Å². The number of benzene rings is 1. The second-order valence-corrected chi connectivity index (χ2v) is 18.1. The number of nitrogens with zero attached hydrogens (tertiary/aromatic N) is 4. The summed E-state index contributed by atoms with van der Waals surface area (Å²) in [6, 6.07) is 7.56. The SMILES string of the molecule is CCS(=O)(=O)Nc1ccc(-c2nn(COCC[Si](C)(C)C)c(Nc3cnc(C(C)C)cn3)c2C(N)=O)cc1. The van der Waals surface area contributed by atoms with E-state index in [2.05, 4.69) is 44.7 Å². The number of carbonyl (C=O) groups is 1. The summed E-state index contributed by atoms with van der Waals surface area (Å²) in [7, 11) is -4.72. The Kier molecular flexibility index (Phi) is 9.28. The monoisotopic (exact) mass is 559 g/mol. The Hall–Kier alpha value is -3.29. The highest BCUT2D eigenvalue weighted by molar-refractivity contribution is 7.92. The minimum atomic E-state index is -3.42. The molecule has 0 fully saturated rings. The minimum absolute atomic E-state index is 0.0429. The van der Waals surface area contributed by atoms with Crippen LogP contribution in [-0.4, -0.2) is 54.5 Å². The normalized spacial score (nSPS) is 12.1. The highest BCUT2D eigenvalue weighted by Gasteiger charge is 2.25. The van der Waals surface area contributed by atoms with Gasteiger partial charge in [0.15, 0.2) is 0 Å². The minimum Gasteiger partial charge on any atom is -0.365 e. The van der Waals surface area contributed by atoms with Crippen LogP contribution in [0.4, 0.5) is 17.3 Å². The molecule has 1 aromatic carbocycles. The van der Waals surface area contributed by atoms with Crippen molar-refractivity contribution in [1.29, 1.82) is 0 Å². The molecule has 0 aliphatic heterocycles. The highest BCUT2D eigenvalue weighted by Crippen LogP contribution is 2.31. The number of anilines is 3. The third-order valence-corrected chi connectivity index (χ3v) is 8.74. The highest BCUT2D eigenvalue weighted by atomic mass is 32.2. The molecule has 2 aromatic heterocycles. The summed E-state index contributed by atoms with van der Waals surface area (Å²) in [5.74, 6) is 0.260. The van der Waals surface area contributed by atoms with Crippen LogP contribution in [-0.2, 0) is 21.5 Å². The van der Waals surface area contributed by atoms with Crippen molar-refractivity contribution in [1.82, 2.24) is 19.7 Å². The molecule has 0 saturated heterocycles. The van der Waals surface area contributed by atoms with Gasteiger partial charge in [-0.3, -0.25) is 14.5 Å². The van der Waals surface area contributed by atoms with Crippen LogP contribution < -0.4 is 15.8 Å². The molecule has 1 amide bonds. The Morgan fingerprint density at radius 2 is 1.82 bits per heavy atom. The van der Waals surface area contributed by atoms with Crippen molar-refractivity contribution in [3.63, 3.8) is 0 Å². The molecule has 3 aromatic rings. The molecule has 0 spiro atoms. The molecule has 0 saturated carbocycles. The molecule has 11 nitrogen and oxygen atoms in total. The molecule has 13 heteroatoms. The lowest BCUT2D eigenvalue weighted by molar-refractivity contribution is 0.0802. The molecule has 2 heterocycles. The number of aromatic nitrogens is 4. The Balaban J connectivity index is 1.99. The van der Waals surface area contributed by atoms with Crippen LogP contribution >= 0.6 is 0 Å². The van der Waals surface area contributed by atoms with Crippen LogP contribution in [0, 0.1) is 0 Å². The molecular weight excluding hydrogens is 522 g/mol. The van der Waals surface area contributed by atoms with Crippen molar-refractivity contribution in [3.05, 3.63) is 47.9 Å². The van der Waals surface area contributed by atoms with E-state index in [1.54, 1.807) is 48.3 Å². The summed E-state index contributed by atoms with van der Waals surface area (Å²) in [6.07, 6.45) is 3.27. The standard InChI is InChI=1S/C25H37N7O4SSi/c1-7-37(34,35)31-19-10-8-18(9-11-19)23-22(24(26)33)25(29-21-15-27-20(14-28-21)17(2)3)32(30-23)16-36-12-13-38(4,5)6/h8-11,14-15,17,31H,7,12-13,16H2,1-6H3,(H2,26,33)(H,28,29). The zero-order valence-electron chi connectivity index (χ0n) is 22.8. The average Bonchev–Trinajstić information content (AvgIpc) is 3.20. The van der Waals surface area contributed by atoms with Crippen LogP contribution in [0.25, 0.3) is 11.3 Å². The number of carbonyl (C=O) groups excluding carboxylic acids is 1. The lowest BCUT2D eigenvalue weighted by Gasteiger charge is -2.16. The van der Waals surface area contributed by atoms with E-state index in [1.807, 2.05) is 13.8 Å². The predicted molar refractivity (Wildman–Crippen MR) is 153 cm³/mol. The van der Waals surface area contributed by atoms with Gasteiger partial charge in [-0.1, -0.05) is 45.6 Å². The second-order valence-electron chi connectivity index (χ2n) is 10.5. The van der Waals surface area contributed by atoms with Gasteiger partial charge in [-0.05, 0) is 31.0 Å². The lowest BCUT2D eigenvalue weighted by atomic mass is 10.1. The maximum absolute atomic E-state index is 12.7. The van der Waals surface area contributed by atoms with Gasteiger partial charge in [-0.15, -0.1) is 0 Å². The molecule has 38 heavy (non-hydrogen) atoms. The van der Waals surface area contributed by atoms with E-state index in [4.69, 9.17) is 10.5 Å². The first-order valence-electron chi connectivity index (χ1n) is 12.5. The van der Waals surface area contributed by atoms with Crippen molar-refractivity contribution in [2.75, 3.05) is 22.4 Å². The Morgan fingerprint density at radius 3 is 2.34 bits per heavy atom. The van der Waals surface area contributed by atoms with Gasteiger partial charge in [0.1, 0.15) is 29.6 Å². The van der Waals surface area contributed by atoms with Crippen LogP contribution in [0.2, 0.25) is 25.7 Å². The molecule has 0 atom stereocenters. The van der Waals surface area contributed by atoms with Crippen LogP contribution in [0.3, 0.4) is 0 Å². The number of rotatable bonds is 13. The smallest absolute Gasteiger partial charge is 0.254 e. The molecule has 3 rings (SSSR count). The van der Waals surface area contributed by atoms with Gasteiger partial charge in [0.2, 0.25) is 10.0 Å². The van der Waals surface area contributed by atoms with Crippen LogP contribution in [0.15, 0.2) is 36.7 Å². The molecule has 0 aliphatic rings. The fourth-order valence-electron chi connectivity index (χ4n) is 3.42. The van der Waals surface area contributed by atoms with E-state index in [9.17, 15) is 13.2 Å². The predicted octanol–water partition coefficient (Wildman–Crippen LogP) is 4.38. The molecular formula is C25H37N7O4SSi. The second kappa shape index (κ2) is 12.0. The number of amides is 1. The summed E-state index contributed by atoms with van der Waals surface area (Å²) in [5.41, 5.74) is 8.17. The first-order chi connectivity index (χ1) is 17.8. The average molecular weight is 560 g/mol. The summed E-state index contributed by atoms with van der Waals surface area (Å²) >= 11 is 0. The molecule has 0 aliphatic carbocycles. The Morgan fingerprint density at radius 1 is 1.13 bits per heavy atom. The first kappa shape index (κ1) is 29.3. The third kappa shape index (κ3) is 7.85. The van der Waals surface area contributed by atoms with Crippen molar-refractivity contribution in [3.8, 4) is 11.3 Å². The molecule has 0 unspecified atom stereocenters. The quantitative estimate of drug-likeness (QED) is 0.206. The van der Waals surface area contributed by atoms with Crippen molar-refractivity contribution >= 4 is 41.3 Å². The fourth-order valence-corrected chi connectivity index (χ4v) is 4.81. The van der Waals surface area contributed by atoms with Crippen molar-refractivity contribution in [2.45, 2.75) is 59.1 Å². The van der Waals surface area contributed by atoms with Gasteiger partial charge in [-0.25, -0.2) is 18.1 Å². The van der Waals surface area contributed by atoms with Gasteiger partial charge < -0.3 is 15.8 Å². The number of nitrogens with one attached hydrogen (secondary N) is 2. The van der Waals surface area contributed by atoms with Gasteiger partial charge in [0.05, 0.1) is 23.8 Å². The number of ether oxygens (including phenoxy) is 1. The zero-order chi connectivity index (χ0) is 28.1. The van der Waals surface area contributed by atoms with E-state index in [0.717, 1.165) is 11.7 Å². The van der Waals surface area contributed by atoms with E-state index in [0.29, 0.717) is 35.2 Å². The Bertz CT molecular complexity index is 1350. The molecule has 4 N–H and O–H groups in total. The lowest BCUT2D eigenvalue weighted by Crippen LogP contribution is -2.22. The molecule has 0 bridgehead atoms. The van der Waals surface area contributed by atoms with Gasteiger partial charge in [-0.2, -0.15) is 5.10 Å². The summed E-state index contributed by atoms with van der Waals surface area (Å²) in [6.45, 7) is 13.1. The fraction of sp³-hybridized carbons (Fsp3) is 0.440. The number of hydrogen-bond donors (Lipinski definition) is 3. The summed E-state index contributed by atoms with van der Waals surface area (Å²) in [5, 5.41) is 7.80. The van der Waals surface area contributed by atoms with Crippen molar-refractivity contribution in [2.24, 2.45) is 5.73 Å². The largest absolute Gasteiger partial charge is 0.365 e.